The summed E-state index contributed by atoms with van der Waals surface area (Å²) in [5, 5.41) is 11.2. The molecule has 2 aliphatic rings. The summed E-state index contributed by atoms with van der Waals surface area (Å²) in [5.74, 6) is 0.433. The maximum absolute atomic E-state index is 11.2. The third-order valence-corrected chi connectivity index (χ3v) is 4.42. The zero-order valence-corrected chi connectivity index (χ0v) is 15.2. The van der Waals surface area contributed by atoms with Crippen molar-refractivity contribution in [3.63, 3.8) is 0 Å². The van der Waals surface area contributed by atoms with Crippen LogP contribution in [0.1, 0.15) is 37.8 Å². The molecular formula is C18H29N3O3. The van der Waals surface area contributed by atoms with Crippen LogP contribution in [0, 0.1) is 17.0 Å². The normalized spacial score (nSPS) is 18.7. The van der Waals surface area contributed by atoms with E-state index in [4.69, 9.17) is 4.74 Å². The second-order valence-corrected chi connectivity index (χ2v) is 6.40. The molecule has 2 fully saturated rings. The van der Waals surface area contributed by atoms with Crippen molar-refractivity contribution in [2.45, 2.75) is 46.3 Å². The van der Waals surface area contributed by atoms with Crippen molar-refractivity contribution < 1.29 is 9.66 Å². The van der Waals surface area contributed by atoms with Crippen LogP contribution in [0.15, 0.2) is 12.1 Å². The van der Waals surface area contributed by atoms with E-state index in [0.29, 0.717) is 5.75 Å². The van der Waals surface area contributed by atoms with E-state index in [0.717, 1.165) is 56.7 Å². The maximum atomic E-state index is 11.2. The molecule has 3 rings (SSSR count). The standard InChI is InChI=1S/C16H23N3O3.C2H6/c1-12-9-15(19(20)21)16(22-14-3-4-14)10-13(12)11-18-7-5-17(2)6-8-18;1-2/h9-10,14H,3-8,11H2,1-2H3;1-2H3. The van der Waals surface area contributed by atoms with Gasteiger partial charge in [0.05, 0.1) is 11.0 Å². The Kier molecular flexibility index (Phi) is 6.57. The van der Waals surface area contributed by atoms with Gasteiger partial charge in [0, 0.05) is 38.8 Å². The van der Waals surface area contributed by atoms with Crippen molar-refractivity contribution >= 4 is 5.69 Å². The fourth-order valence-corrected chi connectivity index (χ4v) is 2.73. The van der Waals surface area contributed by atoms with Crippen molar-refractivity contribution in [1.29, 1.82) is 0 Å². The van der Waals surface area contributed by atoms with Crippen molar-refractivity contribution in [3.8, 4) is 5.75 Å². The third-order valence-electron chi connectivity index (χ3n) is 4.42. The maximum Gasteiger partial charge on any atom is 0.311 e. The lowest BCUT2D eigenvalue weighted by atomic mass is 10.1. The van der Waals surface area contributed by atoms with Gasteiger partial charge in [-0.05, 0) is 44.0 Å². The van der Waals surface area contributed by atoms with Crippen LogP contribution in [0.5, 0.6) is 5.75 Å². The van der Waals surface area contributed by atoms with Crippen LogP contribution in [0.3, 0.4) is 0 Å². The lowest BCUT2D eigenvalue weighted by Gasteiger charge is -2.32. The van der Waals surface area contributed by atoms with E-state index < -0.39 is 0 Å². The second-order valence-electron chi connectivity index (χ2n) is 6.40. The first kappa shape index (κ1) is 18.7. The number of aryl methyl sites for hydroxylation is 1. The fourth-order valence-electron chi connectivity index (χ4n) is 2.73. The SMILES string of the molecule is CC.Cc1cc([N+](=O)[O-])c(OC2CC2)cc1CN1CCN(C)CC1. The van der Waals surface area contributed by atoms with Crippen LogP contribution < -0.4 is 4.74 Å². The Bertz CT molecular complexity index is 565. The van der Waals surface area contributed by atoms with Crippen molar-refractivity contribution in [2.75, 3.05) is 33.2 Å². The molecule has 6 nitrogen and oxygen atoms in total. The van der Waals surface area contributed by atoms with Crippen LogP contribution in [-0.4, -0.2) is 54.1 Å². The van der Waals surface area contributed by atoms with E-state index in [1.54, 1.807) is 6.07 Å². The number of likely N-dealkylation sites (N-methyl/N-ethyl adjacent to an activating group) is 1. The number of piperazine rings is 1. The zero-order chi connectivity index (χ0) is 17.7. The minimum absolute atomic E-state index is 0.0894. The number of benzene rings is 1. The number of nitro groups is 1. The molecule has 0 aromatic heterocycles. The van der Waals surface area contributed by atoms with Gasteiger partial charge in [-0.1, -0.05) is 13.8 Å². The van der Waals surface area contributed by atoms with Gasteiger partial charge in [0.15, 0.2) is 5.75 Å². The average Bonchev–Trinajstić information content (AvgIpc) is 3.38. The molecule has 0 spiro atoms. The van der Waals surface area contributed by atoms with Crippen LogP contribution in [0.25, 0.3) is 0 Å². The highest BCUT2D eigenvalue weighted by Gasteiger charge is 2.28. The summed E-state index contributed by atoms with van der Waals surface area (Å²) in [6, 6.07) is 3.53. The van der Waals surface area contributed by atoms with Gasteiger partial charge in [-0.2, -0.15) is 0 Å². The van der Waals surface area contributed by atoms with Crippen LogP contribution in [0.4, 0.5) is 5.69 Å². The van der Waals surface area contributed by atoms with E-state index in [2.05, 4.69) is 16.8 Å². The first-order valence-corrected chi connectivity index (χ1v) is 8.88. The van der Waals surface area contributed by atoms with Crippen molar-refractivity contribution in [3.05, 3.63) is 33.4 Å². The number of nitrogens with zero attached hydrogens (tertiary/aromatic N) is 3. The Hall–Kier alpha value is -1.66. The van der Waals surface area contributed by atoms with E-state index in [1.165, 1.54) is 0 Å². The first-order valence-electron chi connectivity index (χ1n) is 8.88. The van der Waals surface area contributed by atoms with E-state index in [9.17, 15) is 10.1 Å². The molecule has 1 aromatic rings. The largest absolute Gasteiger partial charge is 0.483 e. The molecule has 0 radical (unpaired) electrons. The number of hydrogen-bond acceptors (Lipinski definition) is 5. The van der Waals surface area contributed by atoms with E-state index in [1.807, 2.05) is 26.8 Å². The quantitative estimate of drug-likeness (QED) is 0.611. The van der Waals surface area contributed by atoms with Gasteiger partial charge < -0.3 is 9.64 Å². The molecule has 134 valence electrons. The molecule has 1 saturated carbocycles. The lowest BCUT2D eigenvalue weighted by Crippen LogP contribution is -2.43. The average molecular weight is 335 g/mol. The van der Waals surface area contributed by atoms with Gasteiger partial charge in [0.2, 0.25) is 0 Å². The fraction of sp³-hybridized carbons (Fsp3) is 0.667. The highest BCUT2D eigenvalue weighted by molar-refractivity contribution is 5.52. The summed E-state index contributed by atoms with van der Waals surface area (Å²) in [6.07, 6.45) is 2.16. The van der Waals surface area contributed by atoms with E-state index in [-0.39, 0.29) is 16.7 Å². The van der Waals surface area contributed by atoms with Gasteiger partial charge in [-0.3, -0.25) is 15.0 Å². The Morgan fingerprint density at radius 2 is 1.83 bits per heavy atom. The van der Waals surface area contributed by atoms with Crippen molar-refractivity contribution in [2.24, 2.45) is 0 Å². The Balaban J connectivity index is 0.00000100. The number of hydrogen-bond donors (Lipinski definition) is 0. The monoisotopic (exact) mass is 335 g/mol. The molecule has 6 heteroatoms. The molecule has 0 atom stereocenters. The molecule has 1 heterocycles. The zero-order valence-electron chi connectivity index (χ0n) is 15.2. The van der Waals surface area contributed by atoms with Crippen LogP contribution >= 0.6 is 0 Å². The number of nitro benzene ring substituents is 1. The molecule has 1 aromatic carbocycles. The van der Waals surface area contributed by atoms with Crippen LogP contribution in [0.2, 0.25) is 0 Å². The van der Waals surface area contributed by atoms with E-state index >= 15 is 0 Å². The summed E-state index contributed by atoms with van der Waals surface area (Å²) in [5.41, 5.74) is 2.19. The predicted octanol–water partition coefficient (Wildman–Crippen LogP) is 3.22. The Labute approximate surface area is 144 Å². The van der Waals surface area contributed by atoms with Gasteiger partial charge in [0.1, 0.15) is 0 Å². The molecule has 0 bridgehead atoms. The second kappa shape index (κ2) is 8.44. The van der Waals surface area contributed by atoms with Crippen molar-refractivity contribution in [1.82, 2.24) is 9.80 Å². The molecule has 0 N–H and O–H groups in total. The molecule has 0 unspecified atom stereocenters. The number of ether oxygens (including phenoxy) is 1. The predicted molar refractivity (Wildman–Crippen MR) is 95.6 cm³/mol. The van der Waals surface area contributed by atoms with Gasteiger partial charge in [-0.25, -0.2) is 0 Å². The minimum atomic E-state index is -0.343. The molecule has 0 amide bonds. The molecule has 1 aliphatic heterocycles. The topological polar surface area (TPSA) is 58.9 Å². The summed E-state index contributed by atoms with van der Waals surface area (Å²) >= 11 is 0. The summed E-state index contributed by atoms with van der Waals surface area (Å²) in [6.45, 7) is 11.0. The van der Waals surface area contributed by atoms with Gasteiger partial charge in [-0.15, -0.1) is 0 Å². The minimum Gasteiger partial charge on any atom is -0.483 e. The van der Waals surface area contributed by atoms with Crippen LogP contribution in [-0.2, 0) is 6.54 Å². The molecular weight excluding hydrogens is 306 g/mol. The number of rotatable bonds is 5. The molecule has 24 heavy (non-hydrogen) atoms. The van der Waals surface area contributed by atoms with Gasteiger partial charge in [0.25, 0.3) is 0 Å². The lowest BCUT2D eigenvalue weighted by molar-refractivity contribution is -0.386. The summed E-state index contributed by atoms with van der Waals surface area (Å²) in [7, 11) is 2.13. The summed E-state index contributed by atoms with van der Waals surface area (Å²) < 4.78 is 5.75. The molecule has 1 saturated heterocycles. The van der Waals surface area contributed by atoms with Gasteiger partial charge >= 0.3 is 5.69 Å². The highest BCUT2D eigenvalue weighted by Crippen LogP contribution is 2.35. The Morgan fingerprint density at radius 1 is 1.21 bits per heavy atom. The summed E-state index contributed by atoms with van der Waals surface area (Å²) in [4.78, 5) is 15.6. The third kappa shape index (κ3) is 4.92. The smallest absolute Gasteiger partial charge is 0.311 e. The molecule has 1 aliphatic carbocycles. The highest BCUT2D eigenvalue weighted by atomic mass is 16.6. The Morgan fingerprint density at radius 3 is 2.38 bits per heavy atom. The first-order chi connectivity index (χ1) is 11.5.